The van der Waals surface area contributed by atoms with E-state index in [1.807, 2.05) is 13.8 Å². The summed E-state index contributed by atoms with van der Waals surface area (Å²) < 4.78 is 24.9. The van der Waals surface area contributed by atoms with Crippen LogP contribution in [0.4, 0.5) is 8.78 Å². The van der Waals surface area contributed by atoms with Crippen LogP contribution in [0.1, 0.15) is 39.5 Å². The summed E-state index contributed by atoms with van der Waals surface area (Å²) in [6, 6.07) is 0. The van der Waals surface area contributed by atoms with E-state index in [1.54, 1.807) is 0 Å². The summed E-state index contributed by atoms with van der Waals surface area (Å²) in [6.07, 6.45) is 1.27. The van der Waals surface area contributed by atoms with E-state index in [0.717, 1.165) is 0 Å². The summed E-state index contributed by atoms with van der Waals surface area (Å²) in [7, 11) is 0. The van der Waals surface area contributed by atoms with Gasteiger partial charge in [0.25, 0.3) is 0 Å². The summed E-state index contributed by atoms with van der Waals surface area (Å²) >= 11 is 0. The SMILES string of the molecule is CC.NCC1CCC(F)(F)CC1. The fourth-order valence-electron chi connectivity index (χ4n) is 1.34. The maximum atomic E-state index is 12.5. The number of hydrogen-bond donors (Lipinski definition) is 1. The van der Waals surface area contributed by atoms with Crippen molar-refractivity contribution in [1.29, 1.82) is 0 Å². The molecule has 0 bridgehead atoms. The highest BCUT2D eigenvalue weighted by atomic mass is 19.3. The Morgan fingerprint density at radius 1 is 1.25 bits per heavy atom. The van der Waals surface area contributed by atoms with Gasteiger partial charge in [0, 0.05) is 12.8 Å². The van der Waals surface area contributed by atoms with Crippen molar-refractivity contribution in [3.8, 4) is 0 Å². The van der Waals surface area contributed by atoms with E-state index < -0.39 is 5.92 Å². The zero-order chi connectivity index (χ0) is 9.61. The lowest BCUT2D eigenvalue weighted by molar-refractivity contribution is -0.0447. The van der Waals surface area contributed by atoms with E-state index in [0.29, 0.717) is 25.3 Å². The molecule has 0 aliphatic heterocycles. The maximum absolute atomic E-state index is 12.5. The standard InChI is InChI=1S/C7H13F2N.C2H6/c8-7(9)3-1-6(5-10)2-4-7;1-2/h6H,1-5,10H2;1-2H3. The van der Waals surface area contributed by atoms with Crippen LogP contribution in [0.2, 0.25) is 0 Å². The van der Waals surface area contributed by atoms with E-state index in [4.69, 9.17) is 5.73 Å². The molecule has 1 aliphatic rings. The van der Waals surface area contributed by atoms with Gasteiger partial charge in [-0.3, -0.25) is 0 Å². The molecule has 1 saturated carbocycles. The molecule has 3 heteroatoms. The molecule has 1 aliphatic carbocycles. The second-order valence-electron chi connectivity index (χ2n) is 3.04. The molecule has 12 heavy (non-hydrogen) atoms. The molecule has 0 aromatic rings. The largest absolute Gasteiger partial charge is 0.330 e. The third-order valence-corrected chi connectivity index (χ3v) is 2.17. The summed E-state index contributed by atoms with van der Waals surface area (Å²) in [4.78, 5) is 0. The van der Waals surface area contributed by atoms with Gasteiger partial charge in [0.05, 0.1) is 0 Å². The number of hydrogen-bond acceptors (Lipinski definition) is 1. The van der Waals surface area contributed by atoms with Crippen molar-refractivity contribution < 1.29 is 8.78 Å². The maximum Gasteiger partial charge on any atom is 0.248 e. The number of nitrogens with two attached hydrogens (primary N) is 1. The molecule has 0 saturated heterocycles. The zero-order valence-corrected chi connectivity index (χ0v) is 7.95. The molecule has 0 heterocycles. The Balaban J connectivity index is 0.000000561. The second-order valence-corrected chi connectivity index (χ2v) is 3.04. The van der Waals surface area contributed by atoms with Gasteiger partial charge in [-0.1, -0.05) is 13.8 Å². The van der Waals surface area contributed by atoms with Gasteiger partial charge in [-0.15, -0.1) is 0 Å². The molecular formula is C9H19F2N. The molecule has 0 atom stereocenters. The molecule has 0 radical (unpaired) electrons. The number of halogens is 2. The predicted octanol–water partition coefficient (Wildman–Crippen LogP) is 2.80. The summed E-state index contributed by atoms with van der Waals surface area (Å²) in [5.41, 5.74) is 5.35. The van der Waals surface area contributed by atoms with Crippen molar-refractivity contribution in [2.45, 2.75) is 45.5 Å². The van der Waals surface area contributed by atoms with Crippen LogP contribution in [0.3, 0.4) is 0 Å². The van der Waals surface area contributed by atoms with Crippen molar-refractivity contribution in [2.24, 2.45) is 11.7 Å². The monoisotopic (exact) mass is 179 g/mol. The minimum atomic E-state index is -2.40. The van der Waals surface area contributed by atoms with Gasteiger partial charge in [0.2, 0.25) is 5.92 Å². The van der Waals surface area contributed by atoms with Gasteiger partial charge >= 0.3 is 0 Å². The summed E-state index contributed by atoms with van der Waals surface area (Å²) in [5, 5.41) is 0. The molecule has 1 nitrogen and oxygen atoms in total. The highest BCUT2D eigenvalue weighted by Crippen LogP contribution is 2.35. The molecule has 74 valence electrons. The van der Waals surface area contributed by atoms with E-state index in [-0.39, 0.29) is 12.8 Å². The Morgan fingerprint density at radius 3 is 2.00 bits per heavy atom. The minimum absolute atomic E-state index is 0.0366. The Labute approximate surface area is 73.3 Å². The lowest BCUT2D eigenvalue weighted by Crippen LogP contribution is -2.28. The highest BCUT2D eigenvalue weighted by molar-refractivity contribution is 4.77. The average molecular weight is 179 g/mol. The predicted molar refractivity (Wildman–Crippen MR) is 47.3 cm³/mol. The first-order chi connectivity index (χ1) is 5.64. The van der Waals surface area contributed by atoms with Crippen molar-refractivity contribution in [3.05, 3.63) is 0 Å². The van der Waals surface area contributed by atoms with Crippen LogP contribution < -0.4 is 5.73 Å². The molecule has 1 rings (SSSR count). The van der Waals surface area contributed by atoms with Crippen molar-refractivity contribution in [3.63, 3.8) is 0 Å². The van der Waals surface area contributed by atoms with Gasteiger partial charge in [-0.2, -0.15) is 0 Å². The van der Waals surface area contributed by atoms with Gasteiger partial charge in [0.1, 0.15) is 0 Å². The van der Waals surface area contributed by atoms with Crippen LogP contribution in [0.5, 0.6) is 0 Å². The molecule has 0 aromatic carbocycles. The minimum Gasteiger partial charge on any atom is -0.330 e. The average Bonchev–Trinajstić information content (AvgIpc) is 2.08. The normalized spacial score (nSPS) is 22.8. The molecule has 1 fully saturated rings. The van der Waals surface area contributed by atoms with Crippen LogP contribution in [-0.4, -0.2) is 12.5 Å². The number of rotatable bonds is 1. The Hall–Kier alpha value is -0.180. The fourth-order valence-corrected chi connectivity index (χ4v) is 1.34. The molecular weight excluding hydrogens is 160 g/mol. The van der Waals surface area contributed by atoms with Crippen LogP contribution in [0.15, 0.2) is 0 Å². The first-order valence-electron chi connectivity index (χ1n) is 4.72. The third-order valence-electron chi connectivity index (χ3n) is 2.17. The Kier molecular flexibility index (Phi) is 5.38. The van der Waals surface area contributed by atoms with E-state index >= 15 is 0 Å². The third kappa shape index (κ3) is 4.00. The molecule has 0 unspecified atom stereocenters. The molecule has 0 amide bonds. The fraction of sp³-hybridized carbons (Fsp3) is 1.00. The van der Waals surface area contributed by atoms with E-state index in [2.05, 4.69) is 0 Å². The van der Waals surface area contributed by atoms with Crippen molar-refractivity contribution in [2.75, 3.05) is 6.54 Å². The van der Waals surface area contributed by atoms with E-state index in [9.17, 15) is 8.78 Å². The molecule has 0 aromatic heterocycles. The first-order valence-corrected chi connectivity index (χ1v) is 4.72. The lowest BCUT2D eigenvalue weighted by Gasteiger charge is -2.26. The van der Waals surface area contributed by atoms with Gasteiger partial charge in [-0.25, -0.2) is 8.78 Å². The molecule has 2 N–H and O–H groups in total. The van der Waals surface area contributed by atoms with Gasteiger partial charge < -0.3 is 5.73 Å². The topological polar surface area (TPSA) is 26.0 Å². The van der Waals surface area contributed by atoms with Gasteiger partial charge in [0.15, 0.2) is 0 Å². The van der Waals surface area contributed by atoms with Crippen LogP contribution in [-0.2, 0) is 0 Å². The lowest BCUT2D eigenvalue weighted by atomic mass is 9.87. The Morgan fingerprint density at radius 2 is 1.67 bits per heavy atom. The molecule has 0 spiro atoms. The van der Waals surface area contributed by atoms with E-state index in [1.165, 1.54) is 0 Å². The van der Waals surface area contributed by atoms with Crippen molar-refractivity contribution >= 4 is 0 Å². The number of alkyl halides is 2. The summed E-state index contributed by atoms with van der Waals surface area (Å²) in [6.45, 7) is 4.57. The smallest absolute Gasteiger partial charge is 0.248 e. The van der Waals surface area contributed by atoms with Crippen LogP contribution >= 0.6 is 0 Å². The van der Waals surface area contributed by atoms with Crippen molar-refractivity contribution in [1.82, 2.24) is 0 Å². The first kappa shape index (κ1) is 11.8. The zero-order valence-electron chi connectivity index (χ0n) is 7.95. The van der Waals surface area contributed by atoms with Crippen LogP contribution in [0, 0.1) is 5.92 Å². The quantitative estimate of drug-likeness (QED) is 0.658. The Bertz CT molecular complexity index is 105. The second kappa shape index (κ2) is 5.46. The highest BCUT2D eigenvalue weighted by Gasteiger charge is 2.34. The van der Waals surface area contributed by atoms with Gasteiger partial charge in [-0.05, 0) is 25.3 Å². The summed E-state index contributed by atoms with van der Waals surface area (Å²) in [5.74, 6) is -2.05. The van der Waals surface area contributed by atoms with Crippen LogP contribution in [0.25, 0.3) is 0 Å².